The first-order valence-corrected chi connectivity index (χ1v) is 7.56. The third kappa shape index (κ3) is 2.27. The van der Waals surface area contributed by atoms with Crippen LogP contribution >= 0.6 is 28.3 Å². The van der Waals surface area contributed by atoms with Crippen LogP contribution in [0.5, 0.6) is 0 Å². The highest BCUT2D eigenvalue weighted by Crippen LogP contribution is 2.38. The van der Waals surface area contributed by atoms with E-state index in [2.05, 4.69) is 39.1 Å². The van der Waals surface area contributed by atoms with Gasteiger partial charge in [0.05, 0.1) is 17.3 Å². The summed E-state index contributed by atoms with van der Waals surface area (Å²) in [7, 11) is 0. The number of hydrogen-bond acceptors (Lipinski definition) is 2. The van der Waals surface area contributed by atoms with E-state index in [0.29, 0.717) is 0 Å². The summed E-state index contributed by atoms with van der Waals surface area (Å²) in [6.45, 7) is 0.793. The van der Waals surface area contributed by atoms with E-state index in [-0.39, 0.29) is 24.4 Å². The molecule has 0 radical (unpaired) electrons. The number of pyridine rings is 1. The zero-order valence-corrected chi connectivity index (χ0v) is 13.7. The minimum Gasteiger partial charge on any atom is -0.331 e. The lowest BCUT2D eigenvalue weighted by atomic mass is 9.86. The molecule has 2 aliphatic heterocycles. The second kappa shape index (κ2) is 5.43. The predicted octanol–water partition coefficient (Wildman–Crippen LogP) is 3.56. The topological polar surface area (TPSA) is 33.2 Å². The smallest absolute Gasteiger partial charge is 0.256 e. The van der Waals surface area contributed by atoms with Gasteiger partial charge in [-0.3, -0.25) is 9.78 Å². The minimum atomic E-state index is 0. The number of carbonyl (C=O) groups is 1. The molecule has 0 saturated carbocycles. The lowest BCUT2D eigenvalue weighted by Gasteiger charge is -2.40. The summed E-state index contributed by atoms with van der Waals surface area (Å²) in [5, 5.41) is 0. The molecule has 3 heterocycles. The van der Waals surface area contributed by atoms with Crippen LogP contribution in [0.4, 0.5) is 0 Å². The Hall–Kier alpha value is -1.39. The van der Waals surface area contributed by atoms with E-state index in [1.165, 1.54) is 11.1 Å². The van der Waals surface area contributed by atoms with Gasteiger partial charge in [-0.2, -0.15) is 0 Å². The van der Waals surface area contributed by atoms with Crippen molar-refractivity contribution in [3.05, 3.63) is 63.4 Å². The van der Waals surface area contributed by atoms with Gasteiger partial charge in [0.1, 0.15) is 0 Å². The van der Waals surface area contributed by atoms with E-state index in [9.17, 15) is 4.79 Å². The molecule has 108 valence electrons. The number of nitrogens with zero attached hydrogens (tertiary/aromatic N) is 2. The molecule has 21 heavy (non-hydrogen) atoms. The molecule has 0 spiro atoms. The molecule has 0 saturated heterocycles. The minimum absolute atomic E-state index is 0. The maximum Gasteiger partial charge on any atom is 0.256 e. The van der Waals surface area contributed by atoms with Gasteiger partial charge in [0.15, 0.2) is 0 Å². The summed E-state index contributed by atoms with van der Waals surface area (Å²) >= 11 is 3.52. The standard InChI is InChI=1S/C16H13BrN2O.ClH/c17-11-3-4-12-10(8-11)5-7-19-15(12)9-14-13(16(19)20)2-1-6-18-14;/h1-4,6,8,15H,5,7,9H2;1H. The van der Waals surface area contributed by atoms with Gasteiger partial charge in [-0.05, 0) is 41.8 Å². The van der Waals surface area contributed by atoms with Crippen LogP contribution in [0.25, 0.3) is 0 Å². The average Bonchev–Trinajstić information content (AvgIpc) is 2.47. The highest BCUT2D eigenvalue weighted by molar-refractivity contribution is 9.10. The van der Waals surface area contributed by atoms with Crippen LogP contribution in [0.1, 0.15) is 33.2 Å². The fraction of sp³-hybridized carbons (Fsp3) is 0.250. The number of hydrogen-bond donors (Lipinski definition) is 0. The molecule has 5 heteroatoms. The quantitative estimate of drug-likeness (QED) is 0.715. The van der Waals surface area contributed by atoms with Crippen LogP contribution in [0.2, 0.25) is 0 Å². The molecule has 1 aromatic heterocycles. The zero-order valence-electron chi connectivity index (χ0n) is 11.3. The van der Waals surface area contributed by atoms with E-state index in [1.807, 2.05) is 17.0 Å². The van der Waals surface area contributed by atoms with Gasteiger partial charge < -0.3 is 4.90 Å². The molecule has 3 nitrogen and oxygen atoms in total. The molecule has 2 aliphatic rings. The van der Waals surface area contributed by atoms with Crippen LogP contribution in [0.3, 0.4) is 0 Å². The number of benzene rings is 1. The van der Waals surface area contributed by atoms with Gasteiger partial charge in [-0.1, -0.05) is 22.0 Å². The summed E-state index contributed by atoms with van der Waals surface area (Å²) in [4.78, 5) is 19.0. The Morgan fingerprint density at radius 3 is 3.00 bits per heavy atom. The summed E-state index contributed by atoms with van der Waals surface area (Å²) in [6.07, 6.45) is 3.51. The maximum absolute atomic E-state index is 12.6. The third-order valence-corrected chi connectivity index (χ3v) is 4.72. The average molecular weight is 366 g/mol. The molecule has 0 N–H and O–H groups in total. The summed E-state index contributed by atoms with van der Waals surface area (Å²) in [5.41, 5.74) is 4.30. The molecular weight excluding hydrogens is 352 g/mol. The van der Waals surface area contributed by atoms with E-state index in [1.54, 1.807) is 6.20 Å². The molecule has 1 atom stereocenters. The monoisotopic (exact) mass is 364 g/mol. The van der Waals surface area contributed by atoms with Gasteiger partial charge in [0.2, 0.25) is 0 Å². The molecular formula is C16H14BrClN2O. The van der Waals surface area contributed by atoms with Gasteiger partial charge >= 0.3 is 0 Å². The normalized spacial score (nSPS) is 19.2. The third-order valence-electron chi connectivity index (χ3n) is 4.23. The molecule has 4 rings (SSSR count). The summed E-state index contributed by atoms with van der Waals surface area (Å²) < 4.78 is 1.10. The molecule has 1 amide bonds. The summed E-state index contributed by atoms with van der Waals surface area (Å²) in [6, 6.07) is 10.2. The van der Waals surface area contributed by atoms with Crippen molar-refractivity contribution >= 4 is 34.2 Å². The van der Waals surface area contributed by atoms with Crippen molar-refractivity contribution in [2.45, 2.75) is 18.9 Å². The van der Waals surface area contributed by atoms with E-state index < -0.39 is 0 Å². The zero-order chi connectivity index (χ0) is 13.7. The Kier molecular flexibility index (Phi) is 3.76. The number of carbonyl (C=O) groups excluding carboxylic acids is 1. The molecule has 0 fully saturated rings. The number of amides is 1. The SMILES string of the molecule is Cl.O=C1c2cccnc2CC2c3ccc(Br)cc3CCN12. The lowest BCUT2D eigenvalue weighted by Crippen LogP contribution is -2.44. The highest BCUT2D eigenvalue weighted by Gasteiger charge is 2.37. The second-order valence-corrected chi connectivity index (χ2v) is 6.22. The van der Waals surface area contributed by atoms with Crippen LogP contribution in [-0.2, 0) is 12.8 Å². The highest BCUT2D eigenvalue weighted by atomic mass is 79.9. The fourth-order valence-corrected chi connectivity index (χ4v) is 3.69. The maximum atomic E-state index is 12.6. The van der Waals surface area contributed by atoms with Crippen molar-refractivity contribution in [1.29, 1.82) is 0 Å². The van der Waals surface area contributed by atoms with E-state index in [4.69, 9.17) is 0 Å². The fourth-order valence-electron chi connectivity index (χ4n) is 3.28. The van der Waals surface area contributed by atoms with Gasteiger partial charge in [0, 0.05) is 23.6 Å². The Morgan fingerprint density at radius 1 is 1.29 bits per heavy atom. The Bertz CT molecular complexity index is 719. The molecule has 1 aromatic carbocycles. The van der Waals surface area contributed by atoms with Crippen molar-refractivity contribution < 1.29 is 4.79 Å². The number of fused-ring (bicyclic) bond motifs is 4. The Balaban J connectivity index is 0.00000132. The van der Waals surface area contributed by atoms with Gasteiger partial charge in [-0.25, -0.2) is 0 Å². The molecule has 0 aliphatic carbocycles. The van der Waals surface area contributed by atoms with Crippen molar-refractivity contribution in [2.24, 2.45) is 0 Å². The van der Waals surface area contributed by atoms with Crippen molar-refractivity contribution in [2.75, 3.05) is 6.54 Å². The lowest BCUT2D eigenvalue weighted by molar-refractivity contribution is 0.0629. The van der Waals surface area contributed by atoms with Crippen molar-refractivity contribution in [3.63, 3.8) is 0 Å². The van der Waals surface area contributed by atoms with Crippen molar-refractivity contribution in [3.8, 4) is 0 Å². The molecule has 1 unspecified atom stereocenters. The van der Waals surface area contributed by atoms with E-state index in [0.717, 1.165) is 35.1 Å². The first kappa shape index (κ1) is 14.5. The van der Waals surface area contributed by atoms with Crippen LogP contribution < -0.4 is 0 Å². The number of rotatable bonds is 0. The van der Waals surface area contributed by atoms with E-state index >= 15 is 0 Å². The van der Waals surface area contributed by atoms with Crippen LogP contribution in [-0.4, -0.2) is 22.3 Å². The number of aromatic nitrogens is 1. The predicted molar refractivity (Wildman–Crippen MR) is 86.8 cm³/mol. The Labute approximate surface area is 137 Å². The molecule has 0 bridgehead atoms. The largest absolute Gasteiger partial charge is 0.331 e. The Morgan fingerprint density at radius 2 is 2.14 bits per heavy atom. The van der Waals surface area contributed by atoms with Gasteiger partial charge in [-0.15, -0.1) is 12.4 Å². The van der Waals surface area contributed by atoms with Crippen molar-refractivity contribution in [1.82, 2.24) is 9.88 Å². The second-order valence-electron chi connectivity index (χ2n) is 5.31. The molecule has 2 aromatic rings. The first-order chi connectivity index (χ1) is 9.74. The summed E-state index contributed by atoms with van der Waals surface area (Å²) in [5.74, 6) is 0.123. The van der Waals surface area contributed by atoms with Gasteiger partial charge in [0.25, 0.3) is 5.91 Å². The number of halogens is 2. The first-order valence-electron chi connectivity index (χ1n) is 6.77. The van der Waals surface area contributed by atoms with Crippen LogP contribution in [0.15, 0.2) is 41.0 Å². The van der Waals surface area contributed by atoms with Crippen LogP contribution in [0, 0.1) is 0 Å².